The van der Waals surface area contributed by atoms with Crippen LogP contribution in [0.25, 0.3) is 0 Å². The van der Waals surface area contributed by atoms with Gasteiger partial charge >= 0.3 is 0 Å². The summed E-state index contributed by atoms with van der Waals surface area (Å²) in [6.07, 6.45) is 0.713. The lowest BCUT2D eigenvalue weighted by molar-refractivity contribution is -0.106. The fourth-order valence-electron chi connectivity index (χ4n) is 0.629. The highest BCUT2D eigenvalue weighted by Gasteiger charge is 2.01. The maximum absolute atomic E-state index is 10.00. The third kappa shape index (κ3) is 2.32. The highest BCUT2D eigenvalue weighted by Crippen LogP contribution is 2.19. The lowest BCUT2D eigenvalue weighted by Gasteiger charge is -2.02. The zero-order valence-corrected chi connectivity index (χ0v) is 7.43. The number of halogens is 2. The van der Waals surface area contributed by atoms with Gasteiger partial charge in [0.15, 0.2) is 10.3 Å². The average molecular weight is 206 g/mol. The molecule has 0 fully saturated rings. The predicted octanol–water partition coefficient (Wildman–Crippen LogP) is 1.39. The van der Waals surface area contributed by atoms with Crippen LogP contribution in [0, 0.1) is 0 Å². The molecule has 0 aromatic carbocycles. The van der Waals surface area contributed by atoms with E-state index in [-0.39, 0.29) is 16.9 Å². The van der Waals surface area contributed by atoms with Crippen molar-refractivity contribution in [1.82, 2.24) is 10.2 Å². The van der Waals surface area contributed by atoms with Crippen molar-refractivity contribution >= 4 is 35.2 Å². The largest absolute Gasteiger partial charge is 0.376 e. The van der Waals surface area contributed by atoms with Gasteiger partial charge in [-0.15, -0.1) is 10.2 Å². The topological polar surface area (TPSA) is 54.9 Å². The first-order valence-electron chi connectivity index (χ1n) is 3.10. The van der Waals surface area contributed by atoms with Crippen molar-refractivity contribution in [3.05, 3.63) is 16.4 Å². The molecule has 4 nitrogen and oxygen atoms in total. The van der Waals surface area contributed by atoms with Gasteiger partial charge in [-0.05, 0) is 0 Å². The number of hydrogen-bond donors (Lipinski definition) is 1. The molecule has 1 rings (SSSR count). The Balaban J connectivity index is 2.82. The van der Waals surface area contributed by atoms with E-state index in [0.29, 0.717) is 12.0 Å². The van der Waals surface area contributed by atoms with Crippen molar-refractivity contribution in [3.8, 4) is 0 Å². The lowest BCUT2D eigenvalue weighted by atomic mass is 10.4. The number of aromatic nitrogens is 2. The molecular formula is C6H5Cl2N3O. The van der Waals surface area contributed by atoms with Crippen LogP contribution in [0.1, 0.15) is 0 Å². The molecule has 1 heterocycles. The second-order valence-corrected chi connectivity index (χ2v) is 2.66. The van der Waals surface area contributed by atoms with Crippen molar-refractivity contribution in [3.63, 3.8) is 0 Å². The molecule has 0 unspecified atom stereocenters. The van der Waals surface area contributed by atoms with Gasteiger partial charge in [-0.3, -0.25) is 0 Å². The highest BCUT2D eigenvalue weighted by molar-refractivity contribution is 6.33. The molecule has 1 aromatic rings. The number of aldehydes is 1. The van der Waals surface area contributed by atoms with Gasteiger partial charge in [0.25, 0.3) is 0 Å². The van der Waals surface area contributed by atoms with Crippen molar-refractivity contribution in [1.29, 1.82) is 0 Å². The van der Waals surface area contributed by atoms with E-state index >= 15 is 0 Å². The Morgan fingerprint density at radius 3 is 2.92 bits per heavy atom. The molecule has 1 aromatic heterocycles. The van der Waals surface area contributed by atoms with Crippen molar-refractivity contribution in [2.75, 3.05) is 11.9 Å². The molecule has 0 saturated carbocycles. The summed E-state index contributed by atoms with van der Waals surface area (Å²) in [5.74, 6) is 0. The summed E-state index contributed by atoms with van der Waals surface area (Å²) in [6, 6.07) is 1.50. The molecule has 12 heavy (non-hydrogen) atoms. The van der Waals surface area contributed by atoms with Crippen LogP contribution in [0.5, 0.6) is 0 Å². The Labute approximate surface area is 78.9 Å². The SMILES string of the molecule is O=CCNc1cc(Cl)nnc1Cl. The zero-order valence-electron chi connectivity index (χ0n) is 5.92. The van der Waals surface area contributed by atoms with Crippen LogP contribution in [-0.4, -0.2) is 23.0 Å². The Morgan fingerprint density at radius 2 is 2.25 bits per heavy atom. The Hall–Kier alpha value is -0.870. The van der Waals surface area contributed by atoms with Crippen molar-refractivity contribution in [2.24, 2.45) is 0 Å². The van der Waals surface area contributed by atoms with Crippen LogP contribution in [0.4, 0.5) is 5.69 Å². The fraction of sp³-hybridized carbons (Fsp3) is 0.167. The number of nitrogens with zero attached hydrogens (tertiary/aromatic N) is 2. The Bertz CT molecular complexity index is 292. The van der Waals surface area contributed by atoms with E-state index in [1.165, 1.54) is 6.07 Å². The second kappa shape index (κ2) is 4.23. The molecule has 0 radical (unpaired) electrons. The minimum atomic E-state index is 0.168. The Morgan fingerprint density at radius 1 is 1.50 bits per heavy atom. The molecule has 0 atom stereocenters. The first-order chi connectivity index (χ1) is 5.74. The van der Waals surface area contributed by atoms with E-state index in [0.717, 1.165) is 0 Å². The van der Waals surface area contributed by atoms with E-state index in [1.54, 1.807) is 0 Å². The quantitative estimate of drug-likeness (QED) is 0.759. The van der Waals surface area contributed by atoms with E-state index in [2.05, 4.69) is 15.5 Å². The smallest absolute Gasteiger partial charge is 0.174 e. The Kier molecular flexibility index (Phi) is 3.25. The van der Waals surface area contributed by atoms with Gasteiger partial charge < -0.3 is 10.1 Å². The zero-order chi connectivity index (χ0) is 8.97. The lowest BCUT2D eigenvalue weighted by Crippen LogP contribution is -2.03. The third-order valence-electron chi connectivity index (χ3n) is 1.09. The molecule has 0 aliphatic heterocycles. The van der Waals surface area contributed by atoms with Gasteiger partial charge in [0.2, 0.25) is 0 Å². The normalized spacial score (nSPS) is 9.50. The van der Waals surface area contributed by atoms with Gasteiger partial charge in [-0.25, -0.2) is 0 Å². The van der Waals surface area contributed by atoms with Gasteiger partial charge in [-0.1, -0.05) is 23.2 Å². The van der Waals surface area contributed by atoms with Crippen LogP contribution < -0.4 is 5.32 Å². The maximum Gasteiger partial charge on any atom is 0.174 e. The summed E-state index contributed by atoms with van der Waals surface area (Å²) in [4.78, 5) is 10.00. The minimum absolute atomic E-state index is 0.168. The molecule has 0 amide bonds. The molecule has 1 N–H and O–H groups in total. The fourth-order valence-corrected chi connectivity index (χ4v) is 0.935. The summed E-state index contributed by atoms with van der Waals surface area (Å²) in [5.41, 5.74) is 0.503. The van der Waals surface area contributed by atoms with E-state index < -0.39 is 0 Å². The summed E-state index contributed by atoms with van der Waals surface area (Å²) in [7, 11) is 0. The van der Waals surface area contributed by atoms with E-state index in [1.807, 2.05) is 0 Å². The second-order valence-electron chi connectivity index (χ2n) is 1.92. The molecular weight excluding hydrogens is 201 g/mol. The van der Waals surface area contributed by atoms with Gasteiger partial charge in [-0.2, -0.15) is 0 Å². The third-order valence-corrected chi connectivity index (χ3v) is 1.56. The molecule has 64 valence electrons. The first kappa shape index (κ1) is 9.22. The molecule has 0 aliphatic rings. The van der Waals surface area contributed by atoms with Crippen LogP contribution in [0.3, 0.4) is 0 Å². The van der Waals surface area contributed by atoms with Crippen molar-refractivity contribution in [2.45, 2.75) is 0 Å². The monoisotopic (exact) mass is 205 g/mol. The average Bonchev–Trinajstić information content (AvgIpc) is 2.07. The summed E-state index contributed by atoms with van der Waals surface area (Å²) in [5, 5.41) is 10.2. The number of nitrogens with one attached hydrogen (secondary N) is 1. The summed E-state index contributed by atoms with van der Waals surface area (Å²) >= 11 is 11.2. The molecule has 0 aliphatic carbocycles. The molecule has 0 spiro atoms. The van der Waals surface area contributed by atoms with Crippen molar-refractivity contribution < 1.29 is 4.79 Å². The predicted molar refractivity (Wildman–Crippen MR) is 46.6 cm³/mol. The van der Waals surface area contributed by atoms with Crippen LogP contribution in [0.2, 0.25) is 10.3 Å². The van der Waals surface area contributed by atoms with Crippen LogP contribution in [0.15, 0.2) is 6.07 Å². The van der Waals surface area contributed by atoms with Gasteiger partial charge in [0, 0.05) is 6.07 Å². The number of anilines is 1. The van der Waals surface area contributed by atoms with Crippen LogP contribution in [-0.2, 0) is 4.79 Å². The van der Waals surface area contributed by atoms with Gasteiger partial charge in [0.05, 0.1) is 12.2 Å². The number of hydrogen-bond acceptors (Lipinski definition) is 4. The highest BCUT2D eigenvalue weighted by atomic mass is 35.5. The molecule has 6 heteroatoms. The van der Waals surface area contributed by atoms with Crippen LogP contribution >= 0.6 is 23.2 Å². The van der Waals surface area contributed by atoms with E-state index in [9.17, 15) is 4.79 Å². The number of rotatable bonds is 3. The number of carbonyl (C=O) groups excluding carboxylic acids is 1. The number of carbonyl (C=O) groups is 1. The minimum Gasteiger partial charge on any atom is -0.376 e. The van der Waals surface area contributed by atoms with Gasteiger partial charge in [0.1, 0.15) is 6.29 Å². The summed E-state index contributed by atoms with van der Waals surface area (Å²) in [6.45, 7) is 0.168. The maximum atomic E-state index is 10.00. The first-order valence-corrected chi connectivity index (χ1v) is 3.86. The molecule has 0 saturated heterocycles. The standard InChI is InChI=1S/C6H5Cl2N3O/c7-5-3-4(9-1-2-12)6(8)11-10-5/h2-3H,1H2,(H,9,10). The molecule has 0 bridgehead atoms. The van der Waals surface area contributed by atoms with E-state index in [4.69, 9.17) is 23.2 Å². The summed E-state index contributed by atoms with van der Waals surface area (Å²) < 4.78 is 0.